The Morgan fingerprint density at radius 3 is 2.92 bits per heavy atom. The summed E-state index contributed by atoms with van der Waals surface area (Å²) in [6, 6.07) is 6.91. The Kier molecular flexibility index (Phi) is 2.00. The maximum Gasteiger partial charge on any atom is 0.123 e. The van der Waals surface area contributed by atoms with Crippen LogP contribution >= 0.6 is 0 Å². The van der Waals surface area contributed by atoms with E-state index >= 15 is 0 Å². The van der Waals surface area contributed by atoms with E-state index in [4.69, 9.17) is 0 Å². The molecule has 1 aliphatic heterocycles. The number of hydrogen-bond acceptors (Lipinski definition) is 2. The molecule has 3 heteroatoms. The van der Waals surface area contributed by atoms with Crippen molar-refractivity contribution in [3.63, 3.8) is 0 Å². The van der Waals surface area contributed by atoms with Gasteiger partial charge in [-0.25, -0.2) is 4.39 Å². The number of benzene rings is 1. The Morgan fingerprint density at radius 2 is 2.31 bits per heavy atom. The topological polar surface area (TPSA) is 24.4 Å². The summed E-state index contributed by atoms with van der Waals surface area (Å²) in [4.78, 5) is 0. The van der Waals surface area contributed by atoms with E-state index in [0.717, 1.165) is 5.56 Å². The quantitative estimate of drug-likeness (QED) is 0.697. The zero-order valence-corrected chi connectivity index (χ0v) is 7.37. The molecule has 0 saturated carbocycles. The van der Waals surface area contributed by atoms with Crippen molar-refractivity contribution in [1.82, 2.24) is 5.43 Å². The minimum atomic E-state index is -0.190. The van der Waals surface area contributed by atoms with Crippen molar-refractivity contribution in [2.24, 2.45) is 5.10 Å². The van der Waals surface area contributed by atoms with Gasteiger partial charge in [-0.3, -0.25) is 0 Å². The van der Waals surface area contributed by atoms with Crippen molar-refractivity contribution in [1.29, 1.82) is 0 Å². The molecule has 0 bridgehead atoms. The first-order valence-electron chi connectivity index (χ1n) is 4.31. The van der Waals surface area contributed by atoms with Crippen LogP contribution in [0, 0.1) is 5.82 Å². The molecule has 2 atom stereocenters. The van der Waals surface area contributed by atoms with Crippen molar-refractivity contribution in [2.45, 2.75) is 18.9 Å². The fourth-order valence-electron chi connectivity index (χ4n) is 1.54. The second-order valence-electron chi connectivity index (χ2n) is 3.28. The maximum absolute atomic E-state index is 12.9. The largest absolute Gasteiger partial charge is 0.307 e. The molecule has 2 unspecified atom stereocenters. The Labute approximate surface area is 76.5 Å². The van der Waals surface area contributed by atoms with Crippen molar-refractivity contribution in [3.05, 3.63) is 35.6 Å². The zero-order chi connectivity index (χ0) is 9.26. The smallest absolute Gasteiger partial charge is 0.123 e. The first kappa shape index (κ1) is 8.23. The molecule has 0 amide bonds. The number of hydrazone groups is 1. The van der Waals surface area contributed by atoms with Gasteiger partial charge in [-0.05, 0) is 24.6 Å². The summed E-state index contributed by atoms with van der Waals surface area (Å²) in [5.41, 5.74) is 3.91. The van der Waals surface area contributed by atoms with Gasteiger partial charge in [-0.1, -0.05) is 12.1 Å². The molecule has 1 aliphatic rings. The van der Waals surface area contributed by atoms with Crippen molar-refractivity contribution >= 4 is 6.21 Å². The molecule has 0 saturated heterocycles. The van der Waals surface area contributed by atoms with Crippen LogP contribution in [0.4, 0.5) is 4.39 Å². The molecule has 0 spiro atoms. The second-order valence-corrected chi connectivity index (χ2v) is 3.28. The second kappa shape index (κ2) is 3.17. The third-order valence-corrected chi connectivity index (χ3v) is 2.29. The molecule has 0 aliphatic carbocycles. The summed E-state index contributed by atoms with van der Waals surface area (Å²) >= 11 is 0. The van der Waals surface area contributed by atoms with Crippen LogP contribution in [0.2, 0.25) is 0 Å². The standard InChI is InChI=1S/C10H11FN2/c1-7-10(6-12-13-7)8-3-2-4-9(11)5-8/h2-7,10,13H,1H3. The molecule has 2 rings (SSSR count). The van der Waals surface area contributed by atoms with Gasteiger partial charge in [0.1, 0.15) is 5.82 Å². The summed E-state index contributed by atoms with van der Waals surface area (Å²) < 4.78 is 12.9. The lowest BCUT2D eigenvalue weighted by Gasteiger charge is -2.13. The van der Waals surface area contributed by atoms with Crippen LogP contribution in [0.25, 0.3) is 0 Å². The fraction of sp³-hybridized carbons (Fsp3) is 0.300. The van der Waals surface area contributed by atoms with E-state index < -0.39 is 0 Å². The highest BCUT2D eigenvalue weighted by atomic mass is 19.1. The number of nitrogens with zero attached hydrogens (tertiary/aromatic N) is 1. The zero-order valence-electron chi connectivity index (χ0n) is 7.37. The summed E-state index contributed by atoms with van der Waals surface area (Å²) in [5.74, 6) is 0.000648. The van der Waals surface area contributed by atoms with Crippen LogP contribution in [-0.2, 0) is 0 Å². The number of nitrogens with one attached hydrogen (secondary N) is 1. The molecular weight excluding hydrogens is 167 g/mol. The Bertz CT molecular complexity index is 335. The first-order valence-corrected chi connectivity index (χ1v) is 4.31. The lowest BCUT2D eigenvalue weighted by atomic mass is 9.95. The van der Waals surface area contributed by atoms with Gasteiger partial charge in [0.2, 0.25) is 0 Å². The Hall–Kier alpha value is -1.38. The van der Waals surface area contributed by atoms with Crippen LogP contribution in [-0.4, -0.2) is 12.3 Å². The highest BCUT2D eigenvalue weighted by Gasteiger charge is 2.21. The number of halogens is 1. The molecule has 1 heterocycles. The van der Waals surface area contributed by atoms with Gasteiger partial charge in [0.05, 0.1) is 6.04 Å². The average Bonchev–Trinajstić information content (AvgIpc) is 2.51. The van der Waals surface area contributed by atoms with Crippen molar-refractivity contribution < 1.29 is 4.39 Å². The summed E-state index contributed by atoms with van der Waals surface area (Å²) in [7, 11) is 0. The highest BCUT2D eigenvalue weighted by Crippen LogP contribution is 2.21. The van der Waals surface area contributed by atoms with E-state index in [9.17, 15) is 4.39 Å². The van der Waals surface area contributed by atoms with E-state index in [2.05, 4.69) is 10.5 Å². The van der Waals surface area contributed by atoms with E-state index in [1.54, 1.807) is 12.1 Å². The lowest BCUT2D eigenvalue weighted by Crippen LogP contribution is -2.21. The summed E-state index contributed by atoms with van der Waals surface area (Å²) in [6.45, 7) is 2.03. The fourth-order valence-corrected chi connectivity index (χ4v) is 1.54. The molecule has 68 valence electrons. The number of hydrogen-bond donors (Lipinski definition) is 1. The van der Waals surface area contributed by atoms with Crippen LogP contribution in [0.3, 0.4) is 0 Å². The minimum Gasteiger partial charge on any atom is -0.307 e. The molecule has 2 nitrogen and oxygen atoms in total. The molecular formula is C10H11FN2. The molecule has 0 aromatic heterocycles. The van der Waals surface area contributed by atoms with Gasteiger partial charge < -0.3 is 5.43 Å². The van der Waals surface area contributed by atoms with Gasteiger partial charge in [0.25, 0.3) is 0 Å². The molecule has 1 aromatic rings. The SMILES string of the molecule is CC1NN=CC1c1cccc(F)c1. The summed E-state index contributed by atoms with van der Waals surface area (Å²) in [5, 5.41) is 3.95. The van der Waals surface area contributed by atoms with Gasteiger partial charge in [0.15, 0.2) is 0 Å². The third kappa shape index (κ3) is 1.54. The van der Waals surface area contributed by atoms with Crippen LogP contribution < -0.4 is 5.43 Å². The molecule has 0 radical (unpaired) electrons. The van der Waals surface area contributed by atoms with Gasteiger partial charge in [-0.15, -0.1) is 0 Å². The van der Waals surface area contributed by atoms with Gasteiger partial charge >= 0.3 is 0 Å². The van der Waals surface area contributed by atoms with Gasteiger partial charge in [-0.2, -0.15) is 5.10 Å². The van der Waals surface area contributed by atoms with E-state index in [1.807, 2.05) is 19.2 Å². The van der Waals surface area contributed by atoms with Crippen LogP contribution in [0.1, 0.15) is 18.4 Å². The maximum atomic E-state index is 12.9. The lowest BCUT2D eigenvalue weighted by molar-refractivity contribution is 0.583. The minimum absolute atomic E-state index is 0.190. The monoisotopic (exact) mass is 178 g/mol. The van der Waals surface area contributed by atoms with E-state index in [0.29, 0.717) is 0 Å². The molecule has 0 fully saturated rings. The highest BCUT2D eigenvalue weighted by molar-refractivity contribution is 5.70. The Morgan fingerprint density at radius 1 is 1.46 bits per heavy atom. The van der Waals surface area contributed by atoms with Crippen molar-refractivity contribution in [2.75, 3.05) is 0 Å². The Balaban J connectivity index is 2.29. The van der Waals surface area contributed by atoms with E-state index in [1.165, 1.54) is 6.07 Å². The van der Waals surface area contributed by atoms with Gasteiger partial charge in [0, 0.05) is 12.1 Å². The predicted octanol–water partition coefficient (Wildman–Crippen LogP) is 1.89. The van der Waals surface area contributed by atoms with Crippen molar-refractivity contribution in [3.8, 4) is 0 Å². The number of rotatable bonds is 1. The van der Waals surface area contributed by atoms with E-state index in [-0.39, 0.29) is 17.8 Å². The molecule has 13 heavy (non-hydrogen) atoms. The molecule has 1 aromatic carbocycles. The first-order chi connectivity index (χ1) is 6.27. The van der Waals surface area contributed by atoms with Crippen LogP contribution in [0.15, 0.2) is 29.4 Å². The molecule has 1 N–H and O–H groups in total. The summed E-state index contributed by atoms with van der Waals surface area (Å²) in [6.07, 6.45) is 1.82. The average molecular weight is 178 g/mol. The normalized spacial score (nSPS) is 26.0. The predicted molar refractivity (Wildman–Crippen MR) is 50.2 cm³/mol. The third-order valence-electron chi connectivity index (χ3n) is 2.29. The van der Waals surface area contributed by atoms with Crippen LogP contribution in [0.5, 0.6) is 0 Å².